The lowest BCUT2D eigenvalue weighted by Gasteiger charge is -2.08. The van der Waals surface area contributed by atoms with Gasteiger partial charge in [-0.1, -0.05) is 11.6 Å². The number of sulfonamides is 1. The molecule has 0 spiro atoms. The topological polar surface area (TPSA) is 84.5 Å². The van der Waals surface area contributed by atoms with Crippen molar-refractivity contribution in [2.45, 2.75) is 4.90 Å². The molecule has 20 heavy (non-hydrogen) atoms. The van der Waals surface area contributed by atoms with Crippen LogP contribution in [-0.4, -0.2) is 41.1 Å². The number of carbonyl (C=O) groups excluding carboxylic acids is 1. The van der Waals surface area contributed by atoms with E-state index in [4.69, 9.17) is 16.3 Å². The quantitative estimate of drug-likeness (QED) is 0.716. The Morgan fingerprint density at radius 1 is 1.45 bits per heavy atom. The highest BCUT2D eigenvalue weighted by Crippen LogP contribution is 2.21. The number of methoxy groups -OCH3 is 1. The third-order valence-corrected chi connectivity index (χ3v) is 4.12. The lowest BCUT2D eigenvalue weighted by atomic mass is 10.3. The Hall–Kier alpha value is -1.22. The van der Waals surface area contributed by atoms with E-state index < -0.39 is 28.3 Å². The molecule has 0 aliphatic rings. The van der Waals surface area contributed by atoms with Crippen molar-refractivity contribution in [3.63, 3.8) is 0 Å². The predicted octanol–water partition coefficient (Wildman–Crippen LogP) is 0.520. The van der Waals surface area contributed by atoms with Gasteiger partial charge in [0.1, 0.15) is 10.7 Å². The van der Waals surface area contributed by atoms with Crippen molar-refractivity contribution >= 4 is 27.5 Å². The molecule has 0 bridgehead atoms. The van der Waals surface area contributed by atoms with Gasteiger partial charge in [-0.3, -0.25) is 4.79 Å². The third-order valence-electron chi connectivity index (χ3n) is 2.23. The van der Waals surface area contributed by atoms with Gasteiger partial charge in [-0.25, -0.2) is 17.5 Å². The van der Waals surface area contributed by atoms with Crippen LogP contribution in [0.25, 0.3) is 0 Å². The van der Waals surface area contributed by atoms with E-state index in [1.165, 1.54) is 7.11 Å². The molecule has 0 saturated carbocycles. The van der Waals surface area contributed by atoms with Crippen LogP contribution >= 0.6 is 11.6 Å². The highest BCUT2D eigenvalue weighted by Gasteiger charge is 2.19. The summed E-state index contributed by atoms with van der Waals surface area (Å²) >= 11 is 5.66. The molecule has 0 atom stereocenters. The van der Waals surface area contributed by atoms with Crippen molar-refractivity contribution in [2.24, 2.45) is 0 Å². The molecule has 1 amide bonds. The molecule has 6 nitrogen and oxygen atoms in total. The second-order valence-electron chi connectivity index (χ2n) is 3.74. The first-order valence-corrected chi connectivity index (χ1v) is 7.43. The van der Waals surface area contributed by atoms with Crippen LogP contribution in [0.4, 0.5) is 4.39 Å². The number of ether oxygens (including phenoxy) is 1. The molecular weight excluding hydrogens is 311 g/mol. The summed E-state index contributed by atoms with van der Waals surface area (Å²) in [5.41, 5.74) is 0. The standard InChI is InChI=1S/C11H14ClFN2O4S/c1-19-5-4-14-11(16)7-15-20(17,18)10-3-2-8(13)6-9(10)12/h2-3,6,15H,4-5,7H2,1H3,(H,14,16). The van der Waals surface area contributed by atoms with Crippen LogP contribution in [0.2, 0.25) is 5.02 Å². The van der Waals surface area contributed by atoms with Gasteiger partial charge in [0, 0.05) is 13.7 Å². The van der Waals surface area contributed by atoms with Gasteiger partial charge in [0.2, 0.25) is 15.9 Å². The van der Waals surface area contributed by atoms with Gasteiger partial charge in [0.15, 0.2) is 0 Å². The number of nitrogens with one attached hydrogen (secondary N) is 2. The molecule has 0 aliphatic heterocycles. The van der Waals surface area contributed by atoms with Gasteiger partial charge in [-0.2, -0.15) is 0 Å². The average molecular weight is 325 g/mol. The second kappa shape index (κ2) is 7.53. The van der Waals surface area contributed by atoms with Crippen LogP contribution in [0.3, 0.4) is 0 Å². The minimum Gasteiger partial charge on any atom is -0.383 e. The molecule has 0 saturated heterocycles. The molecule has 0 radical (unpaired) electrons. The highest BCUT2D eigenvalue weighted by molar-refractivity contribution is 7.89. The lowest BCUT2D eigenvalue weighted by Crippen LogP contribution is -2.38. The molecule has 0 fully saturated rings. The molecule has 2 N–H and O–H groups in total. The van der Waals surface area contributed by atoms with Gasteiger partial charge >= 0.3 is 0 Å². The zero-order valence-electron chi connectivity index (χ0n) is 10.7. The van der Waals surface area contributed by atoms with E-state index in [2.05, 4.69) is 10.0 Å². The number of rotatable bonds is 7. The fraction of sp³-hybridized carbons (Fsp3) is 0.364. The number of halogens is 2. The summed E-state index contributed by atoms with van der Waals surface area (Å²) in [7, 11) is -2.50. The number of benzene rings is 1. The van der Waals surface area contributed by atoms with Gasteiger partial charge < -0.3 is 10.1 Å². The smallest absolute Gasteiger partial charge is 0.242 e. The molecule has 0 aromatic heterocycles. The van der Waals surface area contributed by atoms with Crippen LogP contribution in [-0.2, 0) is 19.6 Å². The van der Waals surface area contributed by atoms with Crippen molar-refractivity contribution in [3.8, 4) is 0 Å². The molecule has 1 aromatic carbocycles. The summed E-state index contributed by atoms with van der Waals surface area (Å²) in [6, 6.07) is 2.89. The minimum absolute atomic E-state index is 0.253. The van der Waals surface area contributed by atoms with Gasteiger partial charge in [0.05, 0.1) is 18.2 Å². The van der Waals surface area contributed by atoms with Crippen molar-refractivity contribution in [3.05, 3.63) is 29.0 Å². The Balaban J connectivity index is 2.64. The zero-order valence-corrected chi connectivity index (χ0v) is 12.2. The Labute approximate surface area is 121 Å². The van der Waals surface area contributed by atoms with Crippen LogP contribution < -0.4 is 10.0 Å². The maximum absolute atomic E-state index is 12.8. The third kappa shape index (κ3) is 5.04. The molecule has 9 heteroatoms. The Morgan fingerprint density at radius 3 is 2.75 bits per heavy atom. The summed E-state index contributed by atoms with van der Waals surface area (Å²) in [4.78, 5) is 11.1. The van der Waals surface area contributed by atoms with Crippen LogP contribution in [0.1, 0.15) is 0 Å². The highest BCUT2D eigenvalue weighted by atomic mass is 35.5. The fourth-order valence-corrected chi connectivity index (χ4v) is 2.80. The minimum atomic E-state index is -3.97. The number of hydrogen-bond acceptors (Lipinski definition) is 4. The first-order chi connectivity index (χ1) is 9.36. The van der Waals surface area contributed by atoms with E-state index >= 15 is 0 Å². The molecule has 0 aliphatic carbocycles. The predicted molar refractivity (Wildman–Crippen MR) is 71.5 cm³/mol. The fourth-order valence-electron chi connectivity index (χ4n) is 1.29. The molecule has 0 heterocycles. The lowest BCUT2D eigenvalue weighted by molar-refractivity contribution is -0.120. The summed E-state index contributed by atoms with van der Waals surface area (Å²) in [5.74, 6) is -1.16. The summed E-state index contributed by atoms with van der Waals surface area (Å²) in [6.07, 6.45) is 0. The molecule has 1 rings (SSSR count). The first-order valence-electron chi connectivity index (χ1n) is 5.57. The van der Waals surface area contributed by atoms with E-state index in [9.17, 15) is 17.6 Å². The SMILES string of the molecule is COCCNC(=O)CNS(=O)(=O)c1ccc(F)cc1Cl. The van der Waals surface area contributed by atoms with Gasteiger partial charge in [0.25, 0.3) is 0 Å². The summed E-state index contributed by atoms with van der Waals surface area (Å²) in [6.45, 7) is 0.149. The number of carbonyl (C=O) groups is 1. The summed E-state index contributed by atoms with van der Waals surface area (Å²) in [5, 5.41) is 2.19. The summed E-state index contributed by atoms with van der Waals surface area (Å²) < 4.78 is 43.4. The monoisotopic (exact) mass is 324 g/mol. The Morgan fingerprint density at radius 2 is 2.15 bits per heavy atom. The average Bonchev–Trinajstić information content (AvgIpc) is 2.36. The molecular formula is C11H14ClFN2O4S. The van der Waals surface area contributed by atoms with Crippen LogP contribution in [0.15, 0.2) is 23.1 Å². The molecule has 112 valence electrons. The Kier molecular flexibility index (Phi) is 6.34. The van der Waals surface area contributed by atoms with E-state index in [0.29, 0.717) is 6.61 Å². The number of amides is 1. The normalized spacial score (nSPS) is 11.3. The van der Waals surface area contributed by atoms with E-state index in [-0.39, 0.29) is 16.5 Å². The van der Waals surface area contributed by atoms with E-state index in [1.807, 2.05) is 0 Å². The maximum atomic E-state index is 12.8. The number of hydrogen-bond donors (Lipinski definition) is 2. The van der Waals surface area contributed by atoms with Crippen molar-refractivity contribution in [2.75, 3.05) is 26.8 Å². The van der Waals surface area contributed by atoms with Crippen LogP contribution in [0.5, 0.6) is 0 Å². The molecule has 0 unspecified atom stereocenters. The molecule has 1 aromatic rings. The van der Waals surface area contributed by atoms with Crippen molar-refractivity contribution in [1.29, 1.82) is 0 Å². The maximum Gasteiger partial charge on any atom is 0.242 e. The van der Waals surface area contributed by atoms with Crippen LogP contribution in [0, 0.1) is 5.82 Å². The second-order valence-corrected chi connectivity index (χ2v) is 5.88. The van der Waals surface area contributed by atoms with Crippen molar-refractivity contribution < 1.29 is 22.3 Å². The van der Waals surface area contributed by atoms with Gasteiger partial charge in [-0.15, -0.1) is 0 Å². The first kappa shape index (κ1) is 16.8. The van der Waals surface area contributed by atoms with Crippen molar-refractivity contribution in [1.82, 2.24) is 10.0 Å². The Bertz CT molecular complexity index is 580. The van der Waals surface area contributed by atoms with Gasteiger partial charge in [-0.05, 0) is 18.2 Å². The van der Waals surface area contributed by atoms with E-state index in [1.54, 1.807) is 0 Å². The zero-order chi connectivity index (χ0) is 15.2. The largest absolute Gasteiger partial charge is 0.383 e. The van der Waals surface area contributed by atoms with E-state index in [0.717, 1.165) is 18.2 Å².